The highest BCUT2D eigenvalue weighted by molar-refractivity contribution is 7.09. The van der Waals surface area contributed by atoms with E-state index in [1.54, 1.807) is 0 Å². The van der Waals surface area contributed by atoms with Crippen LogP contribution in [0, 0.1) is 0 Å². The molecule has 0 bridgehead atoms. The number of hydrogen-bond donors (Lipinski definition) is 1. The number of thiophene rings is 1. The fraction of sp³-hybridized carbons (Fsp3) is 0.158. The van der Waals surface area contributed by atoms with Gasteiger partial charge in [0.1, 0.15) is 0 Å². The number of rotatable bonds is 6. The Morgan fingerprint density at radius 1 is 0.810 bits per heavy atom. The van der Waals surface area contributed by atoms with E-state index in [0.29, 0.717) is 0 Å². The van der Waals surface area contributed by atoms with E-state index >= 15 is 0 Å². The maximum atomic E-state index is 3.58. The normalized spacial score (nSPS) is 10.5. The number of para-hydroxylation sites is 1. The second kappa shape index (κ2) is 7.09. The van der Waals surface area contributed by atoms with Crippen LogP contribution in [0.25, 0.3) is 0 Å². The molecule has 0 aliphatic heterocycles. The Labute approximate surface area is 130 Å². The zero-order valence-corrected chi connectivity index (χ0v) is 12.8. The van der Waals surface area contributed by atoms with Crippen molar-refractivity contribution in [3.63, 3.8) is 0 Å². The molecule has 0 amide bonds. The van der Waals surface area contributed by atoms with Gasteiger partial charge in [-0.2, -0.15) is 0 Å². The molecule has 1 N–H and O–H groups in total. The second-order valence-corrected chi connectivity index (χ2v) is 6.11. The van der Waals surface area contributed by atoms with Gasteiger partial charge in [-0.15, -0.1) is 11.3 Å². The minimum absolute atomic E-state index is 0.975. The van der Waals surface area contributed by atoms with Gasteiger partial charge in [-0.1, -0.05) is 54.6 Å². The van der Waals surface area contributed by atoms with Crippen LogP contribution in [-0.2, 0) is 12.8 Å². The van der Waals surface area contributed by atoms with Gasteiger partial charge in [0.15, 0.2) is 0 Å². The molecule has 0 unspecified atom stereocenters. The fourth-order valence-corrected chi connectivity index (χ4v) is 3.15. The molecule has 1 nitrogen and oxygen atoms in total. The van der Waals surface area contributed by atoms with E-state index in [1.807, 2.05) is 11.3 Å². The molecule has 0 saturated carbocycles. The first-order valence-corrected chi connectivity index (χ1v) is 8.18. The first-order valence-electron chi connectivity index (χ1n) is 7.30. The van der Waals surface area contributed by atoms with Gasteiger partial charge < -0.3 is 5.32 Å². The molecule has 0 radical (unpaired) electrons. The standard InChI is InChI=1S/C19H19NS/c1-2-7-16(8-3-1)15-17-9-4-5-11-19(17)20-13-12-18-10-6-14-21-18/h1-11,14,20H,12-13,15H2. The van der Waals surface area contributed by atoms with Crippen molar-refractivity contribution in [3.8, 4) is 0 Å². The van der Waals surface area contributed by atoms with Gasteiger partial charge in [0.05, 0.1) is 0 Å². The molecular formula is C19H19NS. The fourth-order valence-electron chi connectivity index (χ4n) is 2.44. The highest BCUT2D eigenvalue weighted by atomic mass is 32.1. The third kappa shape index (κ3) is 3.96. The van der Waals surface area contributed by atoms with Crippen LogP contribution in [0.3, 0.4) is 0 Å². The van der Waals surface area contributed by atoms with Crippen LogP contribution in [0.4, 0.5) is 5.69 Å². The van der Waals surface area contributed by atoms with Crippen molar-refractivity contribution in [2.75, 3.05) is 11.9 Å². The van der Waals surface area contributed by atoms with Crippen molar-refractivity contribution in [3.05, 3.63) is 88.1 Å². The topological polar surface area (TPSA) is 12.0 Å². The summed E-state index contributed by atoms with van der Waals surface area (Å²) in [5.41, 5.74) is 3.96. The summed E-state index contributed by atoms with van der Waals surface area (Å²) in [6.07, 6.45) is 2.06. The molecule has 3 rings (SSSR count). The number of anilines is 1. The molecule has 3 aromatic rings. The molecule has 21 heavy (non-hydrogen) atoms. The smallest absolute Gasteiger partial charge is 0.0376 e. The highest BCUT2D eigenvalue weighted by Crippen LogP contribution is 2.19. The number of hydrogen-bond acceptors (Lipinski definition) is 2. The Morgan fingerprint density at radius 2 is 1.62 bits per heavy atom. The zero-order valence-electron chi connectivity index (χ0n) is 12.0. The third-order valence-corrected chi connectivity index (χ3v) is 4.46. The molecule has 0 saturated heterocycles. The van der Waals surface area contributed by atoms with Crippen LogP contribution >= 0.6 is 11.3 Å². The molecule has 0 aliphatic rings. The molecule has 106 valence electrons. The molecule has 0 spiro atoms. The largest absolute Gasteiger partial charge is 0.384 e. The summed E-state index contributed by atoms with van der Waals surface area (Å²) in [7, 11) is 0. The minimum atomic E-state index is 0.975. The van der Waals surface area contributed by atoms with Gasteiger partial charge in [-0.3, -0.25) is 0 Å². The number of benzene rings is 2. The lowest BCUT2D eigenvalue weighted by Crippen LogP contribution is -2.06. The maximum absolute atomic E-state index is 3.58. The zero-order chi connectivity index (χ0) is 14.3. The lowest BCUT2D eigenvalue weighted by Gasteiger charge is -2.12. The van der Waals surface area contributed by atoms with Crippen LogP contribution in [0.1, 0.15) is 16.0 Å². The van der Waals surface area contributed by atoms with Crippen LogP contribution in [-0.4, -0.2) is 6.54 Å². The van der Waals surface area contributed by atoms with Gasteiger partial charge in [-0.05, 0) is 41.5 Å². The van der Waals surface area contributed by atoms with E-state index in [4.69, 9.17) is 0 Å². The van der Waals surface area contributed by atoms with E-state index in [1.165, 1.54) is 21.7 Å². The Kier molecular flexibility index (Phi) is 4.70. The van der Waals surface area contributed by atoms with Crippen LogP contribution in [0.2, 0.25) is 0 Å². The Hall–Kier alpha value is -2.06. The first kappa shape index (κ1) is 13.9. The summed E-state index contributed by atoms with van der Waals surface area (Å²) in [5.74, 6) is 0. The van der Waals surface area contributed by atoms with Crippen molar-refractivity contribution in [1.29, 1.82) is 0 Å². The first-order chi connectivity index (χ1) is 10.4. The molecule has 2 heteroatoms. The van der Waals surface area contributed by atoms with Crippen LogP contribution < -0.4 is 5.32 Å². The van der Waals surface area contributed by atoms with Gasteiger partial charge in [0.2, 0.25) is 0 Å². The van der Waals surface area contributed by atoms with Crippen molar-refractivity contribution < 1.29 is 0 Å². The van der Waals surface area contributed by atoms with Crippen molar-refractivity contribution in [2.24, 2.45) is 0 Å². The SMILES string of the molecule is c1ccc(Cc2ccccc2NCCc2cccs2)cc1. The maximum Gasteiger partial charge on any atom is 0.0376 e. The minimum Gasteiger partial charge on any atom is -0.384 e. The quantitative estimate of drug-likeness (QED) is 0.675. The molecular weight excluding hydrogens is 274 g/mol. The molecule has 2 aromatic carbocycles. The van der Waals surface area contributed by atoms with E-state index in [0.717, 1.165) is 19.4 Å². The van der Waals surface area contributed by atoms with Crippen molar-refractivity contribution >= 4 is 17.0 Å². The van der Waals surface area contributed by atoms with E-state index in [9.17, 15) is 0 Å². The lowest BCUT2D eigenvalue weighted by atomic mass is 10.0. The van der Waals surface area contributed by atoms with Crippen molar-refractivity contribution in [1.82, 2.24) is 0 Å². The predicted molar refractivity (Wildman–Crippen MR) is 92.2 cm³/mol. The van der Waals surface area contributed by atoms with E-state index in [2.05, 4.69) is 77.4 Å². The predicted octanol–water partition coefficient (Wildman–Crippen LogP) is 4.99. The molecule has 0 aliphatic carbocycles. The Balaban J connectivity index is 1.65. The monoisotopic (exact) mass is 293 g/mol. The van der Waals surface area contributed by atoms with Crippen molar-refractivity contribution in [2.45, 2.75) is 12.8 Å². The molecule has 1 aromatic heterocycles. The lowest BCUT2D eigenvalue weighted by molar-refractivity contribution is 1.03. The average Bonchev–Trinajstić information content (AvgIpc) is 3.03. The summed E-state index contributed by atoms with van der Waals surface area (Å²) < 4.78 is 0. The van der Waals surface area contributed by atoms with Gasteiger partial charge in [-0.25, -0.2) is 0 Å². The molecule has 0 fully saturated rings. The van der Waals surface area contributed by atoms with E-state index < -0.39 is 0 Å². The third-order valence-electron chi connectivity index (χ3n) is 3.52. The molecule has 0 atom stereocenters. The van der Waals surface area contributed by atoms with Gasteiger partial charge in [0, 0.05) is 17.1 Å². The van der Waals surface area contributed by atoms with Gasteiger partial charge >= 0.3 is 0 Å². The summed E-state index contributed by atoms with van der Waals surface area (Å²) in [4.78, 5) is 1.43. The summed E-state index contributed by atoms with van der Waals surface area (Å²) in [6, 6.07) is 23.5. The summed E-state index contributed by atoms with van der Waals surface area (Å²) in [6.45, 7) is 0.978. The van der Waals surface area contributed by atoms with Crippen LogP contribution in [0.5, 0.6) is 0 Å². The Morgan fingerprint density at radius 3 is 2.43 bits per heavy atom. The van der Waals surface area contributed by atoms with Crippen LogP contribution in [0.15, 0.2) is 72.1 Å². The second-order valence-electron chi connectivity index (χ2n) is 5.08. The van der Waals surface area contributed by atoms with Gasteiger partial charge in [0.25, 0.3) is 0 Å². The Bertz CT molecular complexity index is 659. The summed E-state index contributed by atoms with van der Waals surface area (Å²) >= 11 is 1.82. The average molecular weight is 293 g/mol. The number of nitrogens with one attached hydrogen (secondary N) is 1. The van der Waals surface area contributed by atoms with E-state index in [-0.39, 0.29) is 0 Å². The molecule has 1 heterocycles. The summed E-state index contributed by atoms with van der Waals surface area (Å²) in [5, 5.41) is 5.72. The highest BCUT2D eigenvalue weighted by Gasteiger charge is 2.03.